The summed E-state index contributed by atoms with van der Waals surface area (Å²) >= 11 is 0. The molecule has 1 N–H and O–H groups in total. The molecule has 2 nitrogen and oxygen atoms in total. The zero-order valence-corrected chi connectivity index (χ0v) is 10.5. The molecule has 0 saturated heterocycles. The summed E-state index contributed by atoms with van der Waals surface area (Å²) in [6, 6.07) is 4.36. The molecular formula is C15H20O2. The Bertz CT molecular complexity index is 433. The highest BCUT2D eigenvalue weighted by Crippen LogP contribution is 2.49. The van der Waals surface area contributed by atoms with Crippen molar-refractivity contribution < 1.29 is 9.84 Å². The summed E-state index contributed by atoms with van der Waals surface area (Å²) < 4.78 is 5.46. The van der Waals surface area contributed by atoms with Crippen molar-refractivity contribution in [2.45, 2.75) is 50.5 Å². The van der Waals surface area contributed by atoms with E-state index in [2.05, 4.69) is 12.1 Å². The van der Waals surface area contributed by atoms with Crippen molar-refractivity contribution in [1.82, 2.24) is 0 Å². The fraction of sp³-hybridized carbons (Fsp3) is 0.600. The van der Waals surface area contributed by atoms with Crippen molar-refractivity contribution in [3.63, 3.8) is 0 Å². The zero-order chi connectivity index (χ0) is 11.9. The SMILES string of the molecule is COc1cc2c(cc1C1(O)CC1)CCCCC2. The first kappa shape index (κ1) is 11.1. The monoisotopic (exact) mass is 232 g/mol. The Morgan fingerprint density at radius 1 is 1.06 bits per heavy atom. The van der Waals surface area contributed by atoms with Crippen LogP contribution in [0, 0.1) is 0 Å². The number of aryl methyl sites for hydroxylation is 2. The molecular weight excluding hydrogens is 212 g/mol. The maximum Gasteiger partial charge on any atom is 0.125 e. The Hall–Kier alpha value is -1.02. The van der Waals surface area contributed by atoms with E-state index < -0.39 is 5.60 Å². The van der Waals surface area contributed by atoms with E-state index in [0.29, 0.717) is 0 Å². The smallest absolute Gasteiger partial charge is 0.125 e. The molecule has 2 aliphatic rings. The molecule has 1 aromatic rings. The van der Waals surface area contributed by atoms with Gasteiger partial charge >= 0.3 is 0 Å². The van der Waals surface area contributed by atoms with Crippen LogP contribution in [0.4, 0.5) is 0 Å². The standard InChI is InChI=1S/C15H20O2/c1-17-14-10-12-6-4-2-3-5-11(12)9-13(14)15(16)7-8-15/h9-10,16H,2-8H2,1H3. The van der Waals surface area contributed by atoms with Crippen molar-refractivity contribution in [2.75, 3.05) is 7.11 Å². The van der Waals surface area contributed by atoms with Crippen LogP contribution in [0.15, 0.2) is 12.1 Å². The van der Waals surface area contributed by atoms with Crippen LogP contribution in [0.2, 0.25) is 0 Å². The Balaban J connectivity index is 2.06. The highest BCUT2D eigenvalue weighted by atomic mass is 16.5. The predicted octanol–water partition coefficient (Wildman–Crippen LogP) is 2.95. The Morgan fingerprint density at radius 2 is 1.71 bits per heavy atom. The number of benzene rings is 1. The van der Waals surface area contributed by atoms with Crippen LogP contribution in [0.1, 0.15) is 48.8 Å². The predicted molar refractivity (Wildman–Crippen MR) is 67.4 cm³/mol. The molecule has 0 spiro atoms. The van der Waals surface area contributed by atoms with Gasteiger partial charge in [-0.25, -0.2) is 0 Å². The van der Waals surface area contributed by atoms with Gasteiger partial charge in [0.15, 0.2) is 0 Å². The summed E-state index contributed by atoms with van der Waals surface area (Å²) in [5.74, 6) is 0.880. The molecule has 0 heterocycles. The summed E-state index contributed by atoms with van der Waals surface area (Å²) in [6.07, 6.45) is 7.94. The van der Waals surface area contributed by atoms with Gasteiger partial charge in [0.2, 0.25) is 0 Å². The fourth-order valence-corrected chi connectivity index (χ4v) is 2.86. The Labute approximate surface area is 103 Å². The van der Waals surface area contributed by atoms with E-state index in [1.54, 1.807) is 7.11 Å². The van der Waals surface area contributed by atoms with E-state index in [9.17, 15) is 5.11 Å². The molecule has 1 aromatic carbocycles. The second-order valence-electron chi connectivity index (χ2n) is 5.41. The summed E-state index contributed by atoms with van der Waals surface area (Å²) in [7, 11) is 1.70. The lowest BCUT2D eigenvalue weighted by molar-refractivity contribution is 0.147. The van der Waals surface area contributed by atoms with Crippen molar-refractivity contribution >= 4 is 0 Å². The maximum atomic E-state index is 10.3. The van der Waals surface area contributed by atoms with Gasteiger partial charge < -0.3 is 9.84 Å². The molecule has 92 valence electrons. The van der Waals surface area contributed by atoms with Crippen molar-refractivity contribution in [1.29, 1.82) is 0 Å². The van der Waals surface area contributed by atoms with Crippen LogP contribution in [0.25, 0.3) is 0 Å². The molecule has 0 aliphatic heterocycles. The second kappa shape index (κ2) is 4.02. The Kier molecular flexibility index (Phi) is 2.62. The van der Waals surface area contributed by atoms with Crippen molar-refractivity contribution in [3.05, 3.63) is 28.8 Å². The minimum absolute atomic E-state index is 0.591. The minimum atomic E-state index is -0.591. The largest absolute Gasteiger partial charge is 0.496 e. The van der Waals surface area contributed by atoms with Gasteiger partial charge in [-0.2, -0.15) is 0 Å². The Morgan fingerprint density at radius 3 is 2.29 bits per heavy atom. The van der Waals surface area contributed by atoms with Gasteiger partial charge in [-0.15, -0.1) is 0 Å². The highest BCUT2D eigenvalue weighted by molar-refractivity contribution is 5.48. The van der Waals surface area contributed by atoms with E-state index >= 15 is 0 Å². The van der Waals surface area contributed by atoms with E-state index in [-0.39, 0.29) is 0 Å². The van der Waals surface area contributed by atoms with E-state index in [1.165, 1.54) is 30.4 Å². The fourth-order valence-electron chi connectivity index (χ4n) is 2.86. The minimum Gasteiger partial charge on any atom is -0.496 e. The number of fused-ring (bicyclic) bond motifs is 1. The van der Waals surface area contributed by atoms with Gasteiger partial charge in [0.25, 0.3) is 0 Å². The lowest BCUT2D eigenvalue weighted by Crippen LogP contribution is -2.09. The lowest BCUT2D eigenvalue weighted by atomic mass is 9.95. The van der Waals surface area contributed by atoms with Gasteiger partial charge in [0.1, 0.15) is 5.75 Å². The first-order valence-electron chi connectivity index (χ1n) is 6.65. The van der Waals surface area contributed by atoms with Gasteiger partial charge in [0, 0.05) is 5.56 Å². The lowest BCUT2D eigenvalue weighted by Gasteiger charge is -2.17. The molecule has 0 amide bonds. The van der Waals surface area contributed by atoms with Crippen LogP contribution >= 0.6 is 0 Å². The van der Waals surface area contributed by atoms with Crippen LogP contribution in [-0.4, -0.2) is 12.2 Å². The first-order valence-corrected chi connectivity index (χ1v) is 6.65. The molecule has 2 aliphatic carbocycles. The van der Waals surface area contributed by atoms with Gasteiger partial charge in [0.05, 0.1) is 12.7 Å². The average Bonchev–Trinajstić information content (AvgIpc) is 3.11. The van der Waals surface area contributed by atoms with Gasteiger partial charge in [-0.1, -0.05) is 6.42 Å². The third-order valence-electron chi connectivity index (χ3n) is 4.14. The summed E-state index contributed by atoms with van der Waals surface area (Å²) in [5.41, 5.74) is 3.28. The summed E-state index contributed by atoms with van der Waals surface area (Å²) in [6.45, 7) is 0. The van der Waals surface area contributed by atoms with Crippen LogP contribution in [0.5, 0.6) is 5.75 Å². The number of rotatable bonds is 2. The molecule has 0 bridgehead atoms. The summed E-state index contributed by atoms with van der Waals surface area (Å²) in [5, 5.41) is 10.3. The van der Waals surface area contributed by atoms with Crippen LogP contribution < -0.4 is 4.74 Å². The van der Waals surface area contributed by atoms with Crippen LogP contribution in [0.3, 0.4) is 0 Å². The molecule has 17 heavy (non-hydrogen) atoms. The van der Waals surface area contributed by atoms with Crippen molar-refractivity contribution in [3.8, 4) is 5.75 Å². The molecule has 0 unspecified atom stereocenters. The number of aliphatic hydroxyl groups is 1. The first-order chi connectivity index (χ1) is 8.23. The van der Waals surface area contributed by atoms with E-state index in [4.69, 9.17) is 4.74 Å². The maximum absolute atomic E-state index is 10.3. The molecule has 0 radical (unpaired) electrons. The number of hydrogen-bond donors (Lipinski definition) is 1. The zero-order valence-electron chi connectivity index (χ0n) is 10.5. The topological polar surface area (TPSA) is 29.5 Å². The highest BCUT2D eigenvalue weighted by Gasteiger charge is 2.44. The number of hydrogen-bond acceptors (Lipinski definition) is 2. The van der Waals surface area contributed by atoms with Gasteiger partial charge in [-0.3, -0.25) is 0 Å². The molecule has 0 atom stereocenters. The van der Waals surface area contributed by atoms with Crippen LogP contribution in [-0.2, 0) is 18.4 Å². The summed E-state index contributed by atoms with van der Waals surface area (Å²) in [4.78, 5) is 0. The average molecular weight is 232 g/mol. The quantitative estimate of drug-likeness (QED) is 0.794. The molecule has 1 fully saturated rings. The molecule has 2 heteroatoms. The second-order valence-corrected chi connectivity index (χ2v) is 5.41. The van der Waals surface area contributed by atoms with E-state index in [0.717, 1.165) is 37.0 Å². The number of ether oxygens (including phenoxy) is 1. The normalized spacial score (nSPS) is 21.5. The molecule has 0 aromatic heterocycles. The molecule has 3 rings (SSSR count). The van der Waals surface area contributed by atoms with E-state index in [1.807, 2.05) is 0 Å². The molecule has 1 saturated carbocycles. The third kappa shape index (κ3) is 1.95. The van der Waals surface area contributed by atoms with Crippen molar-refractivity contribution in [2.24, 2.45) is 0 Å². The van der Waals surface area contributed by atoms with Gasteiger partial charge in [-0.05, 0) is 61.8 Å². The third-order valence-corrected chi connectivity index (χ3v) is 4.14. The number of methoxy groups -OCH3 is 1.